The van der Waals surface area contributed by atoms with E-state index in [1.54, 1.807) is 55.3 Å². The molecular formula is C15H14N2O4S3. The summed E-state index contributed by atoms with van der Waals surface area (Å²) in [6, 6.07) is 8.60. The second kappa shape index (κ2) is 6.80. The molecule has 24 heavy (non-hydrogen) atoms. The van der Waals surface area contributed by atoms with E-state index in [1.807, 2.05) is 0 Å². The van der Waals surface area contributed by atoms with Crippen molar-refractivity contribution < 1.29 is 17.9 Å². The fourth-order valence-corrected chi connectivity index (χ4v) is 5.00. The molecule has 0 unspecified atom stereocenters. The first-order valence-electron chi connectivity index (χ1n) is 6.78. The standard InChI is InChI=1S/C15H14N2O4S3/c1-20-10-5-6-13(21-2)11(8-10)12-9-23-15(16-12)17-24(18,19)14-4-3-7-22-14/h3-9H,1-2H3,(H,16,17). The van der Waals surface area contributed by atoms with Gasteiger partial charge in [0.2, 0.25) is 0 Å². The molecule has 0 saturated heterocycles. The van der Waals surface area contributed by atoms with Gasteiger partial charge >= 0.3 is 0 Å². The van der Waals surface area contributed by atoms with E-state index in [4.69, 9.17) is 9.47 Å². The molecule has 6 nitrogen and oxygen atoms in total. The van der Waals surface area contributed by atoms with Gasteiger partial charge in [0.15, 0.2) is 5.13 Å². The van der Waals surface area contributed by atoms with Crippen LogP contribution in [0.5, 0.6) is 11.5 Å². The van der Waals surface area contributed by atoms with Gasteiger partial charge in [-0.15, -0.1) is 22.7 Å². The summed E-state index contributed by atoms with van der Waals surface area (Å²) in [6.07, 6.45) is 0. The minimum atomic E-state index is -3.61. The van der Waals surface area contributed by atoms with Gasteiger partial charge in [0, 0.05) is 10.9 Å². The van der Waals surface area contributed by atoms with Crippen molar-refractivity contribution in [1.82, 2.24) is 4.98 Å². The minimum Gasteiger partial charge on any atom is -0.497 e. The monoisotopic (exact) mass is 382 g/mol. The van der Waals surface area contributed by atoms with E-state index in [1.165, 1.54) is 11.3 Å². The molecule has 0 amide bonds. The maximum Gasteiger partial charge on any atom is 0.273 e. The van der Waals surface area contributed by atoms with Crippen molar-refractivity contribution in [2.45, 2.75) is 4.21 Å². The second-order valence-corrected chi connectivity index (χ2v) is 8.36. The van der Waals surface area contributed by atoms with Crippen LogP contribution in [-0.2, 0) is 10.0 Å². The van der Waals surface area contributed by atoms with Gasteiger partial charge in [-0.1, -0.05) is 6.07 Å². The number of anilines is 1. The van der Waals surface area contributed by atoms with Crippen LogP contribution in [0.1, 0.15) is 0 Å². The van der Waals surface area contributed by atoms with Crippen molar-refractivity contribution in [3.05, 3.63) is 41.1 Å². The van der Waals surface area contributed by atoms with Gasteiger partial charge in [-0.25, -0.2) is 13.4 Å². The fourth-order valence-electron chi connectivity index (χ4n) is 2.04. The highest BCUT2D eigenvalue weighted by Crippen LogP contribution is 2.35. The van der Waals surface area contributed by atoms with Crippen LogP contribution in [0.15, 0.2) is 45.3 Å². The third-order valence-electron chi connectivity index (χ3n) is 3.17. The number of thiophene rings is 1. The largest absolute Gasteiger partial charge is 0.497 e. The maximum atomic E-state index is 12.3. The third kappa shape index (κ3) is 3.37. The number of nitrogens with one attached hydrogen (secondary N) is 1. The second-order valence-electron chi connectivity index (χ2n) is 4.64. The summed E-state index contributed by atoms with van der Waals surface area (Å²) in [6.45, 7) is 0. The summed E-state index contributed by atoms with van der Waals surface area (Å²) < 4.78 is 37.8. The Kier molecular flexibility index (Phi) is 4.74. The summed E-state index contributed by atoms with van der Waals surface area (Å²) in [5, 5.41) is 3.77. The maximum absolute atomic E-state index is 12.3. The van der Waals surface area contributed by atoms with Gasteiger partial charge < -0.3 is 9.47 Å². The Balaban J connectivity index is 1.91. The number of ether oxygens (including phenoxy) is 2. The number of benzene rings is 1. The molecular weight excluding hydrogens is 368 g/mol. The predicted octanol–water partition coefficient (Wildman–Crippen LogP) is 3.69. The van der Waals surface area contributed by atoms with Crippen molar-refractivity contribution in [3.63, 3.8) is 0 Å². The van der Waals surface area contributed by atoms with Crippen molar-refractivity contribution in [2.75, 3.05) is 18.9 Å². The minimum absolute atomic E-state index is 0.248. The van der Waals surface area contributed by atoms with E-state index in [0.29, 0.717) is 22.3 Å². The smallest absolute Gasteiger partial charge is 0.273 e. The molecule has 0 aliphatic rings. The van der Waals surface area contributed by atoms with E-state index in [9.17, 15) is 8.42 Å². The van der Waals surface area contributed by atoms with E-state index < -0.39 is 10.0 Å². The van der Waals surface area contributed by atoms with E-state index in [-0.39, 0.29) is 4.21 Å². The molecule has 1 aromatic carbocycles. The zero-order valence-electron chi connectivity index (χ0n) is 12.8. The van der Waals surface area contributed by atoms with Crippen LogP contribution >= 0.6 is 22.7 Å². The van der Waals surface area contributed by atoms with Gasteiger partial charge in [0.1, 0.15) is 15.7 Å². The van der Waals surface area contributed by atoms with E-state index in [0.717, 1.165) is 16.9 Å². The molecule has 2 aromatic heterocycles. The summed E-state index contributed by atoms with van der Waals surface area (Å²) in [4.78, 5) is 4.36. The predicted molar refractivity (Wildman–Crippen MR) is 95.8 cm³/mol. The number of hydrogen-bond acceptors (Lipinski definition) is 7. The van der Waals surface area contributed by atoms with Crippen molar-refractivity contribution in [2.24, 2.45) is 0 Å². The van der Waals surface area contributed by atoms with Gasteiger partial charge in [-0.2, -0.15) is 0 Å². The van der Waals surface area contributed by atoms with Crippen LogP contribution in [0, 0.1) is 0 Å². The van der Waals surface area contributed by atoms with Crippen LogP contribution < -0.4 is 14.2 Å². The quantitative estimate of drug-likeness (QED) is 0.703. The molecule has 0 aliphatic heterocycles. The molecule has 0 aliphatic carbocycles. The van der Waals surface area contributed by atoms with Gasteiger partial charge in [-0.3, -0.25) is 4.72 Å². The first-order valence-corrected chi connectivity index (χ1v) is 10.0. The van der Waals surface area contributed by atoms with E-state index in [2.05, 4.69) is 9.71 Å². The SMILES string of the molecule is COc1ccc(OC)c(-c2csc(NS(=O)(=O)c3cccs3)n2)c1. The number of nitrogens with zero attached hydrogens (tertiary/aromatic N) is 1. The lowest BCUT2D eigenvalue weighted by atomic mass is 10.1. The van der Waals surface area contributed by atoms with Crippen LogP contribution in [0.2, 0.25) is 0 Å². The van der Waals surface area contributed by atoms with E-state index >= 15 is 0 Å². The third-order valence-corrected chi connectivity index (χ3v) is 6.79. The highest BCUT2D eigenvalue weighted by atomic mass is 32.2. The summed E-state index contributed by atoms with van der Waals surface area (Å²) >= 11 is 2.36. The summed E-state index contributed by atoms with van der Waals surface area (Å²) in [7, 11) is -0.463. The average molecular weight is 382 g/mol. The molecule has 3 rings (SSSR count). The van der Waals surface area contributed by atoms with Crippen LogP contribution in [0.4, 0.5) is 5.13 Å². The molecule has 126 valence electrons. The molecule has 2 heterocycles. The number of rotatable bonds is 6. The van der Waals surface area contributed by atoms with Gasteiger partial charge in [-0.05, 0) is 29.6 Å². The highest BCUT2D eigenvalue weighted by Gasteiger charge is 2.18. The number of hydrogen-bond donors (Lipinski definition) is 1. The Morgan fingerprint density at radius 2 is 1.96 bits per heavy atom. The number of sulfonamides is 1. The lowest BCUT2D eigenvalue weighted by molar-refractivity contribution is 0.404. The Morgan fingerprint density at radius 1 is 1.12 bits per heavy atom. The molecule has 0 atom stereocenters. The number of methoxy groups -OCH3 is 2. The molecule has 0 spiro atoms. The highest BCUT2D eigenvalue weighted by molar-refractivity contribution is 7.94. The lowest BCUT2D eigenvalue weighted by Crippen LogP contribution is -2.11. The van der Waals surface area contributed by atoms with Crippen LogP contribution in [-0.4, -0.2) is 27.6 Å². The summed E-state index contributed by atoms with van der Waals surface area (Å²) in [5.41, 5.74) is 1.34. The molecule has 9 heteroatoms. The lowest BCUT2D eigenvalue weighted by Gasteiger charge is -2.08. The summed E-state index contributed by atoms with van der Waals surface area (Å²) in [5.74, 6) is 1.30. The Hall–Kier alpha value is -2.10. The first kappa shape index (κ1) is 16.7. The Labute approximate surface area is 147 Å². The van der Waals surface area contributed by atoms with Crippen LogP contribution in [0.25, 0.3) is 11.3 Å². The molecule has 0 saturated carbocycles. The Bertz CT molecular complexity index is 934. The van der Waals surface area contributed by atoms with Crippen molar-refractivity contribution in [1.29, 1.82) is 0 Å². The zero-order chi connectivity index (χ0) is 17.2. The van der Waals surface area contributed by atoms with Crippen molar-refractivity contribution >= 4 is 37.8 Å². The zero-order valence-corrected chi connectivity index (χ0v) is 15.3. The molecule has 1 N–H and O–H groups in total. The molecule has 0 bridgehead atoms. The first-order chi connectivity index (χ1) is 11.5. The fraction of sp³-hybridized carbons (Fsp3) is 0.133. The van der Waals surface area contributed by atoms with Crippen LogP contribution in [0.3, 0.4) is 0 Å². The molecule has 0 radical (unpaired) electrons. The number of thiazole rings is 1. The number of aromatic nitrogens is 1. The molecule has 0 fully saturated rings. The Morgan fingerprint density at radius 3 is 2.62 bits per heavy atom. The van der Waals surface area contributed by atoms with Crippen molar-refractivity contribution in [3.8, 4) is 22.8 Å². The topological polar surface area (TPSA) is 77.5 Å². The molecule has 3 aromatic rings. The average Bonchev–Trinajstić information content (AvgIpc) is 3.25. The normalized spacial score (nSPS) is 11.2. The van der Waals surface area contributed by atoms with Gasteiger partial charge in [0.05, 0.1) is 19.9 Å². The van der Waals surface area contributed by atoms with Gasteiger partial charge in [0.25, 0.3) is 10.0 Å².